The molecule has 3 nitrogen and oxygen atoms in total. The first kappa shape index (κ1) is 15.3. The molecule has 1 aromatic rings. The maximum Gasteiger partial charge on any atom is 0.137 e. The van der Waals surface area contributed by atoms with Gasteiger partial charge < -0.3 is 14.4 Å². The lowest BCUT2D eigenvalue weighted by molar-refractivity contribution is -0.908. The van der Waals surface area contributed by atoms with Crippen molar-refractivity contribution in [1.82, 2.24) is 0 Å². The van der Waals surface area contributed by atoms with Crippen LogP contribution in [0.2, 0.25) is 0 Å². The third kappa shape index (κ3) is 4.22. The van der Waals surface area contributed by atoms with E-state index in [1.807, 2.05) is 0 Å². The van der Waals surface area contributed by atoms with E-state index in [4.69, 9.17) is 9.47 Å². The summed E-state index contributed by atoms with van der Waals surface area (Å²) in [4.78, 5) is 1.58. The van der Waals surface area contributed by atoms with Crippen molar-refractivity contribution in [3.05, 3.63) is 29.3 Å². The summed E-state index contributed by atoms with van der Waals surface area (Å²) in [6, 6.07) is 6.53. The summed E-state index contributed by atoms with van der Waals surface area (Å²) in [6.07, 6.45) is 0. The molecular formula is C17H28NO2+. The molecule has 0 unspecified atom stereocenters. The Morgan fingerprint density at radius 1 is 1.20 bits per heavy atom. The van der Waals surface area contributed by atoms with E-state index in [1.54, 1.807) is 4.90 Å². The number of aryl methyl sites for hydroxylation is 1. The molecule has 0 radical (unpaired) electrons. The minimum atomic E-state index is 0.120. The summed E-state index contributed by atoms with van der Waals surface area (Å²) < 4.78 is 11.5. The van der Waals surface area contributed by atoms with E-state index in [2.05, 4.69) is 45.9 Å². The monoisotopic (exact) mass is 278 g/mol. The number of nitrogens with one attached hydrogen (secondary N) is 1. The molecule has 0 saturated carbocycles. The van der Waals surface area contributed by atoms with Crippen LogP contribution < -0.4 is 9.64 Å². The van der Waals surface area contributed by atoms with Crippen molar-refractivity contribution in [3.8, 4) is 5.75 Å². The number of ether oxygens (including phenoxy) is 2. The van der Waals surface area contributed by atoms with E-state index in [-0.39, 0.29) is 5.41 Å². The lowest BCUT2D eigenvalue weighted by Gasteiger charge is -2.25. The molecule has 1 aliphatic heterocycles. The van der Waals surface area contributed by atoms with Crippen molar-refractivity contribution in [1.29, 1.82) is 0 Å². The number of hydrogen-bond acceptors (Lipinski definition) is 2. The summed E-state index contributed by atoms with van der Waals surface area (Å²) in [7, 11) is 0. The molecular weight excluding hydrogens is 250 g/mol. The molecule has 0 bridgehead atoms. The highest BCUT2D eigenvalue weighted by Crippen LogP contribution is 2.31. The van der Waals surface area contributed by atoms with Gasteiger partial charge in [0.05, 0.1) is 13.2 Å². The maximum absolute atomic E-state index is 6.09. The summed E-state index contributed by atoms with van der Waals surface area (Å²) in [5.41, 5.74) is 2.67. The van der Waals surface area contributed by atoms with Crippen molar-refractivity contribution >= 4 is 0 Å². The first-order valence-electron chi connectivity index (χ1n) is 7.62. The van der Waals surface area contributed by atoms with Crippen molar-refractivity contribution in [2.24, 2.45) is 0 Å². The SMILES string of the molecule is Cc1ccc(C(C)(C)C)c(OCC[NH+]2CCOCC2)c1. The van der Waals surface area contributed by atoms with Gasteiger partial charge in [0.2, 0.25) is 0 Å². The van der Waals surface area contributed by atoms with Gasteiger partial charge >= 0.3 is 0 Å². The van der Waals surface area contributed by atoms with Crippen LogP contribution in [0.25, 0.3) is 0 Å². The number of quaternary nitrogens is 1. The van der Waals surface area contributed by atoms with Gasteiger partial charge in [0.15, 0.2) is 0 Å². The summed E-state index contributed by atoms with van der Waals surface area (Å²) in [6.45, 7) is 14.6. The van der Waals surface area contributed by atoms with Crippen LogP contribution in [0.4, 0.5) is 0 Å². The topological polar surface area (TPSA) is 22.9 Å². The summed E-state index contributed by atoms with van der Waals surface area (Å²) in [5, 5.41) is 0. The van der Waals surface area contributed by atoms with Gasteiger partial charge in [-0.1, -0.05) is 32.9 Å². The van der Waals surface area contributed by atoms with Gasteiger partial charge in [-0.05, 0) is 29.5 Å². The molecule has 0 atom stereocenters. The fraction of sp³-hybridized carbons (Fsp3) is 0.647. The highest BCUT2D eigenvalue weighted by Gasteiger charge is 2.19. The van der Waals surface area contributed by atoms with Crippen molar-refractivity contribution in [3.63, 3.8) is 0 Å². The van der Waals surface area contributed by atoms with E-state index in [1.165, 1.54) is 11.1 Å². The number of rotatable bonds is 4. The molecule has 0 aliphatic carbocycles. The zero-order valence-electron chi connectivity index (χ0n) is 13.3. The van der Waals surface area contributed by atoms with E-state index < -0.39 is 0 Å². The molecule has 0 amide bonds. The van der Waals surface area contributed by atoms with E-state index in [0.29, 0.717) is 0 Å². The first-order valence-corrected chi connectivity index (χ1v) is 7.62. The van der Waals surface area contributed by atoms with Crippen LogP contribution in [0, 0.1) is 6.92 Å². The van der Waals surface area contributed by atoms with Gasteiger partial charge in [0.25, 0.3) is 0 Å². The Kier molecular flexibility index (Phi) is 5.06. The molecule has 3 heteroatoms. The molecule has 1 saturated heterocycles. The normalized spacial score (nSPS) is 17.2. The predicted octanol–water partition coefficient (Wildman–Crippen LogP) is 1.59. The Bertz CT molecular complexity index is 431. The van der Waals surface area contributed by atoms with Crippen LogP contribution in [-0.2, 0) is 10.2 Å². The van der Waals surface area contributed by atoms with Crippen molar-refractivity contribution < 1.29 is 14.4 Å². The van der Waals surface area contributed by atoms with Gasteiger partial charge in [-0.3, -0.25) is 0 Å². The van der Waals surface area contributed by atoms with Crippen LogP contribution in [0.5, 0.6) is 5.75 Å². The Labute approximate surface area is 122 Å². The molecule has 1 aliphatic rings. The average molecular weight is 278 g/mol. The fourth-order valence-corrected chi connectivity index (χ4v) is 2.58. The first-order chi connectivity index (χ1) is 9.47. The molecule has 1 aromatic carbocycles. The number of morpholine rings is 1. The predicted molar refractivity (Wildman–Crippen MR) is 81.8 cm³/mol. The Balaban J connectivity index is 1.95. The second-order valence-electron chi connectivity index (χ2n) is 6.71. The smallest absolute Gasteiger partial charge is 0.137 e. The third-order valence-corrected chi connectivity index (χ3v) is 3.86. The van der Waals surface area contributed by atoms with E-state index in [9.17, 15) is 0 Å². The molecule has 2 rings (SSSR count). The standard InChI is InChI=1S/C17H27NO2/c1-14-5-6-15(17(2,3)4)16(13-14)20-12-9-18-7-10-19-11-8-18/h5-6,13H,7-12H2,1-4H3/p+1. The Hall–Kier alpha value is -1.06. The molecule has 1 fully saturated rings. The van der Waals surface area contributed by atoms with Crippen LogP contribution in [-0.4, -0.2) is 39.5 Å². The van der Waals surface area contributed by atoms with Gasteiger partial charge in [0, 0.05) is 0 Å². The highest BCUT2D eigenvalue weighted by molar-refractivity contribution is 5.41. The molecule has 20 heavy (non-hydrogen) atoms. The minimum absolute atomic E-state index is 0.120. The van der Waals surface area contributed by atoms with Crippen LogP contribution in [0.1, 0.15) is 31.9 Å². The lowest BCUT2D eigenvalue weighted by atomic mass is 9.86. The van der Waals surface area contributed by atoms with Crippen molar-refractivity contribution in [2.75, 3.05) is 39.5 Å². The number of benzene rings is 1. The van der Waals surface area contributed by atoms with Crippen LogP contribution in [0.15, 0.2) is 18.2 Å². The largest absolute Gasteiger partial charge is 0.487 e. The molecule has 0 spiro atoms. The molecule has 1 N–H and O–H groups in total. The molecule has 1 heterocycles. The minimum Gasteiger partial charge on any atom is -0.487 e. The molecule has 0 aromatic heterocycles. The third-order valence-electron chi connectivity index (χ3n) is 3.86. The van der Waals surface area contributed by atoms with Gasteiger partial charge in [-0.25, -0.2) is 0 Å². The maximum atomic E-state index is 6.09. The van der Waals surface area contributed by atoms with Gasteiger partial charge in [-0.15, -0.1) is 0 Å². The van der Waals surface area contributed by atoms with E-state index in [0.717, 1.165) is 45.2 Å². The fourth-order valence-electron chi connectivity index (χ4n) is 2.58. The molecule has 112 valence electrons. The quantitative estimate of drug-likeness (QED) is 0.904. The second kappa shape index (κ2) is 6.59. The van der Waals surface area contributed by atoms with Gasteiger partial charge in [0.1, 0.15) is 32.0 Å². The number of hydrogen-bond donors (Lipinski definition) is 1. The zero-order chi connectivity index (χ0) is 14.6. The van der Waals surface area contributed by atoms with Crippen LogP contribution >= 0.6 is 0 Å². The van der Waals surface area contributed by atoms with Crippen molar-refractivity contribution in [2.45, 2.75) is 33.1 Å². The Morgan fingerprint density at radius 3 is 2.55 bits per heavy atom. The second-order valence-corrected chi connectivity index (χ2v) is 6.71. The average Bonchev–Trinajstić information content (AvgIpc) is 2.38. The lowest BCUT2D eigenvalue weighted by Crippen LogP contribution is -3.14. The van der Waals surface area contributed by atoms with Gasteiger partial charge in [-0.2, -0.15) is 0 Å². The highest BCUT2D eigenvalue weighted by atomic mass is 16.5. The van der Waals surface area contributed by atoms with E-state index >= 15 is 0 Å². The zero-order valence-corrected chi connectivity index (χ0v) is 13.3. The summed E-state index contributed by atoms with van der Waals surface area (Å²) >= 11 is 0. The summed E-state index contributed by atoms with van der Waals surface area (Å²) in [5.74, 6) is 1.05. The Morgan fingerprint density at radius 2 is 1.90 bits per heavy atom. The van der Waals surface area contributed by atoms with Crippen LogP contribution in [0.3, 0.4) is 0 Å².